The summed E-state index contributed by atoms with van der Waals surface area (Å²) in [7, 11) is 0. The first-order valence-electron chi connectivity index (χ1n) is 6.53. The molecule has 0 spiro atoms. The fraction of sp³-hybridized carbons (Fsp3) is 0.714. The minimum Gasteiger partial charge on any atom is -0.465 e. The maximum atomic E-state index is 9.99. The SMILES string of the molecule is CCN(CC(C)(C)O)C(c1ccc(C)o1)C(C)N. The molecular weight excluding hydrogens is 228 g/mol. The molecule has 1 aromatic heterocycles. The van der Waals surface area contributed by atoms with Gasteiger partial charge in [-0.15, -0.1) is 0 Å². The Balaban J connectivity index is 2.96. The van der Waals surface area contributed by atoms with Gasteiger partial charge in [-0.2, -0.15) is 0 Å². The molecule has 0 aromatic carbocycles. The van der Waals surface area contributed by atoms with E-state index in [1.54, 1.807) is 13.8 Å². The zero-order valence-corrected chi connectivity index (χ0v) is 12.1. The van der Waals surface area contributed by atoms with Gasteiger partial charge in [-0.05, 0) is 46.4 Å². The molecule has 4 heteroatoms. The molecule has 0 saturated heterocycles. The quantitative estimate of drug-likeness (QED) is 0.816. The number of furan rings is 1. The molecule has 0 amide bonds. The Hall–Kier alpha value is -0.840. The minimum absolute atomic E-state index is 0.00451. The maximum absolute atomic E-state index is 9.99. The molecule has 2 unspecified atom stereocenters. The lowest BCUT2D eigenvalue weighted by Crippen LogP contribution is -2.45. The van der Waals surface area contributed by atoms with E-state index in [9.17, 15) is 5.11 Å². The van der Waals surface area contributed by atoms with E-state index in [1.807, 2.05) is 26.0 Å². The Morgan fingerprint density at radius 2 is 2.06 bits per heavy atom. The van der Waals surface area contributed by atoms with Crippen molar-refractivity contribution < 1.29 is 9.52 Å². The van der Waals surface area contributed by atoms with Crippen LogP contribution in [0.3, 0.4) is 0 Å². The van der Waals surface area contributed by atoms with Crippen LogP contribution in [-0.4, -0.2) is 34.7 Å². The molecule has 1 heterocycles. The zero-order chi connectivity index (χ0) is 13.9. The smallest absolute Gasteiger partial charge is 0.122 e. The maximum Gasteiger partial charge on any atom is 0.122 e. The van der Waals surface area contributed by atoms with Crippen LogP contribution in [0.2, 0.25) is 0 Å². The van der Waals surface area contributed by atoms with Crippen LogP contribution in [0.4, 0.5) is 0 Å². The molecule has 0 fully saturated rings. The number of hydrogen-bond acceptors (Lipinski definition) is 4. The van der Waals surface area contributed by atoms with Crippen LogP contribution in [0.1, 0.15) is 45.3 Å². The fourth-order valence-corrected chi connectivity index (χ4v) is 2.29. The molecule has 2 atom stereocenters. The second kappa shape index (κ2) is 5.87. The molecule has 0 aliphatic rings. The standard InChI is InChI=1S/C14H26N2O2/c1-6-16(9-14(4,5)17)13(11(3)15)12-8-7-10(2)18-12/h7-8,11,13,17H,6,9,15H2,1-5H3. The van der Waals surface area contributed by atoms with Gasteiger partial charge in [0, 0.05) is 12.6 Å². The van der Waals surface area contributed by atoms with Gasteiger partial charge in [0.15, 0.2) is 0 Å². The Labute approximate surface area is 110 Å². The summed E-state index contributed by atoms with van der Waals surface area (Å²) >= 11 is 0. The van der Waals surface area contributed by atoms with Crippen LogP contribution in [0.5, 0.6) is 0 Å². The summed E-state index contributed by atoms with van der Waals surface area (Å²) in [6.45, 7) is 11.0. The summed E-state index contributed by atoms with van der Waals surface area (Å²) in [5.41, 5.74) is 5.34. The average molecular weight is 254 g/mol. The van der Waals surface area contributed by atoms with E-state index < -0.39 is 5.60 Å². The van der Waals surface area contributed by atoms with Crippen molar-refractivity contribution in [2.24, 2.45) is 5.73 Å². The number of aliphatic hydroxyl groups is 1. The molecule has 3 N–H and O–H groups in total. The molecule has 0 aliphatic heterocycles. The van der Waals surface area contributed by atoms with E-state index in [4.69, 9.17) is 10.2 Å². The van der Waals surface area contributed by atoms with Crippen molar-refractivity contribution in [3.63, 3.8) is 0 Å². The first kappa shape index (κ1) is 15.2. The summed E-state index contributed by atoms with van der Waals surface area (Å²) in [6, 6.07) is 3.85. The summed E-state index contributed by atoms with van der Waals surface area (Å²) < 4.78 is 5.70. The third-order valence-corrected chi connectivity index (χ3v) is 2.94. The molecule has 0 saturated carbocycles. The van der Waals surface area contributed by atoms with Gasteiger partial charge in [-0.1, -0.05) is 6.92 Å². The van der Waals surface area contributed by atoms with Gasteiger partial charge in [-0.3, -0.25) is 4.90 Å². The van der Waals surface area contributed by atoms with Crippen molar-refractivity contribution in [3.05, 3.63) is 23.7 Å². The first-order valence-corrected chi connectivity index (χ1v) is 6.53. The normalized spacial score (nSPS) is 16.0. The van der Waals surface area contributed by atoms with Gasteiger partial charge in [0.05, 0.1) is 11.6 Å². The average Bonchev–Trinajstić information content (AvgIpc) is 2.61. The van der Waals surface area contributed by atoms with E-state index >= 15 is 0 Å². The molecule has 0 bridgehead atoms. The van der Waals surface area contributed by atoms with E-state index in [-0.39, 0.29) is 12.1 Å². The molecule has 1 rings (SSSR count). The lowest BCUT2D eigenvalue weighted by atomic mass is 10.0. The highest BCUT2D eigenvalue weighted by Gasteiger charge is 2.29. The monoisotopic (exact) mass is 254 g/mol. The predicted octanol–water partition coefficient (Wildman–Crippen LogP) is 2.07. The number of rotatable bonds is 6. The van der Waals surface area contributed by atoms with Crippen molar-refractivity contribution in [1.29, 1.82) is 0 Å². The number of aryl methyl sites for hydroxylation is 1. The van der Waals surface area contributed by atoms with Crippen molar-refractivity contribution in [2.75, 3.05) is 13.1 Å². The second-order valence-corrected chi connectivity index (χ2v) is 5.63. The van der Waals surface area contributed by atoms with E-state index in [0.29, 0.717) is 6.54 Å². The Morgan fingerprint density at radius 3 is 2.39 bits per heavy atom. The first-order chi connectivity index (χ1) is 8.24. The molecule has 104 valence electrons. The molecular formula is C14H26N2O2. The summed E-state index contributed by atoms with van der Waals surface area (Å²) in [6.07, 6.45) is 0. The largest absolute Gasteiger partial charge is 0.465 e. The van der Waals surface area contributed by atoms with Crippen LogP contribution in [0.25, 0.3) is 0 Å². The van der Waals surface area contributed by atoms with Crippen LogP contribution in [0, 0.1) is 6.92 Å². The molecule has 0 aliphatic carbocycles. The van der Waals surface area contributed by atoms with Gasteiger partial charge >= 0.3 is 0 Å². The summed E-state index contributed by atoms with van der Waals surface area (Å²) in [4.78, 5) is 2.16. The van der Waals surface area contributed by atoms with Gasteiger partial charge in [0.1, 0.15) is 11.5 Å². The lowest BCUT2D eigenvalue weighted by Gasteiger charge is -2.35. The molecule has 4 nitrogen and oxygen atoms in total. The summed E-state index contributed by atoms with van der Waals surface area (Å²) in [5.74, 6) is 1.75. The molecule has 0 radical (unpaired) electrons. The Morgan fingerprint density at radius 1 is 1.44 bits per heavy atom. The Kier molecular flexibility index (Phi) is 4.96. The number of hydrogen-bond donors (Lipinski definition) is 2. The van der Waals surface area contributed by atoms with Crippen molar-refractivity contribution >= 4 is 0 Å². The van der Waals surface area contributed by atoms with Gasteiger partial charge in [0.2, 0.25) is 0 Å². The van der Waals surface area contributed by atoms with E-state index in [1.165, 1.54) is 0 Å². The van der Waals surface area contributed by atoms with E-state index in [0.717, 1.165) is 18.1 Å². The third kappa shape index (κ3) is 4.12. The second-order valence-electron chi connectivity index (χ2n) is 5.63. The number of likely N-dealkylation sites (N-methyl/N-ethyl adjacent to an activating group) is 1. The Bertz CT molecular complexity index is 366. The van der Waals surface area contributed by atoms with Crippen molar-refractivity contribution in [3.8, 4) is 0 Å². The lowest BCUT2D eigenvalue weighted by molar-refractivity contribution is 0.0147. The molecule has 1 aromatic rings. The van der Waals surface area contributed by atoms with Crippen molar-refractivity contribution in [2.45, 2.75) is 52.3 Å². The van der Waals surface area contributed by atoms with Crippen LogP contribution >= 0.6 is 0 Å². The molecule has 18 heavy (non-hydrogen) atoms. The highest BCUT2D eigenvalue weighted by atomic mass is 16.3. The third-order valence-electron chi connectivity index (χ3n) is 2.94. The fourth-order valence-electron chi connectivity index (χ4n) is 2.29. The van der Waals surface area contributed by atoms with Crippen LogP contribution in [0.15, 0.2) is 16.5 Å². The van der Waals surface area contributed by atoms with Gasteiger partial charge in [0.25, 0.3) is 0 Å². The number of nitrogens with two attached hydrogens (primary N) is 1. The minimum atomic E-state index is -0.745. The van der Waals surface area contributed by atoms with Crippen molar-refractivity contribution in [1.82, 2.24) is 4.90 Å². The van der Waals surface area contributed by atoms with Gasteiger partial charge in [-0.25, -0.2) is 0 Å². The predicted molar refractivity (Wildman–Crippen MR) is 73.4 cm³/mol. The number of nitrogens with zero attached hydrogens (tertiary/aromatic N) is 1. The highest BCUT2D eigenvalue weighted by Crippen LogP contribution is 2.26. The highest BCUT2D eigenvalue weighted by molar-refractivity contribution is 5.12. The zero-order valence-electron chi connectivity index (χ0n) is 12.1. The van der Waals surface area contributed by atoms with Gasteiger partial charge < -0.3 is 15.3 Å². The van der Waals surface area contributed by atoms with Crippen LogP contribution in [-0.2, 0) is 0 Å². The van der Waals surface area contributed by atoms with Crippen LogP contribution < -0.4 is 5.73 Å². The summed E-state index contributed by atoms with van der Waals surface area (Å²) in [5, 5.41) is 9.99. The van der Waals surface area contributed by atoms with E-state index in [2.05, 4.69) is 11.8 Å². The topological polar surface area (TPSA) is 62.6 Å².